The molecule has 1 heterocycles. The normalized spacial score (nSPS) is 15.9. The average molecular weight is 320 g/mol. The van der Waals surface area contributed by atoms with E-state index >= 15 is 0 Å². The van der Waals surface area contributed by atoms with E-state index < -0.39 is 0 Å². The van der Waals surface area contributed by atoms with Crippen LogP contribution in [0, 0.1) is 0 Å². The van der Waals surface area contributed by atoms with Crippen molar-refractivity contribution in [3.05, 3.63) is 65.7 Å². The molecular formula is C21H26N3+. The fourth-order valence-electron chi connectivity index (χ4n) is 3.42. The zero-order valence-electron chi connectivity index (χ0n) is 15.0. The third-order valence-corrected chi connectivity index (χ3v) is 4.98. The molecule has 0 amide bonds. The van der Waals surface area contributed by atoms with Crippen molar-refractivity contribution in [1.82, 2.24) is 0 Å². The summed E-state index contributed by atoms with van der Waals surface area (Å²) >= 11 is 0. The highest BCUT2D eigenvalue weighted by Crippen LogP contribution is 2.39. The zero-order chi connectivity index (χ0) is 17.3. The van der Waals surface area contributed by atoms with Crippen molar-refractivity contribution in [1.29, 1.82) is 0 Å². The summed E-state index contributed by atoms with van der Waals surface area (Å²) in [6, 6.07) is 17.1. The maximum absolute atomic E-state index is 5.67. The molecule has 3 heteroatoms. The van der Waals surface area contributed by atoms with Crippen molar-refractivity contribution in [3.63, 3.8) is 0 Å². The molecule has 0 saturated heterocycles. The number of benzene rings is 2. The molecule has 1 aliphatic rings. The third-order valence-electron chi connectivity index (χ3n) is 4.98. The maximum atomic E-state index is 5.67. The Hall–Kier alpha value is -2.39. The van der Waals surface area contributed by atoms with Gasteiger partial charge in [0, 0.05) is 30.4 Å². The van der Waals surface area contributed by atoms with Crippen molar-refractivity contribution in [2.45, 2.75) is 19.3 Å². The summed E-state index contributed by atoms with van der Waals surface area (Å²) < 4.78 is 2.29. The van der Waals surface area contributed by atoms with Crippen LogP contribution in [0.2, 0.25) is 0 Å². The van der Waals surface area contributed by atoms with Gasteiger partial charge in [-0.2, -0.15) is 4.58 Å². The van der Waals surface area contributed by atoms with Gasteiger partial charge in [0.2, 0.25) is 5.69 Å². The van der Waals surface area contributed by atoms with Gasteiger partial charge in [0.05, 0.1) is 12.1 Å². The first-order valence-electron chi connectivity index (χ1n) is 8.35. The number of allylic oxidation sites excluding steroid dienone is 1. The monoisotopic (exact) mass is 320 g/mol. The number of rotatable bonds is 4. The Balaban J connectivity index is 1.89. The summed E-state index contributed by atoms with van der Waals surface area (Å²) in [5, 5.41) is 0. The highest BCUT2D eigenvalue weighted by molar-refractivity contribution is 6.05. The summed E-state index contributed by atoms with van der Waals surface area (Å²) in [6.07, 6.45) is 4.42. The number of hydrogen-bond acceptors (Lipinski definition) is 2. The van der Waals surface area contributed by atoms with Gasteiger partial charge in [-0.05, 0) is 37.6 Å². The molecule has 1 aliphatic heterocycles. The van der Waals surface area contributed by atoms with E-state index in [-0.39, 0.29) is 5.41 Å². The summed E-state index contributed by atoms with van der Waals surface area (Å²) in [5.74, 6) is 0. The molecular weight excluding hydrogens is 294 g/mol. The van der Waals surface area contributed by atoms with Gasteiger partial charge < -0.3 is 10.6 Å². The van der Waals surface area contributed by atoms with E-state index in [0.717, 1.165) is 5.69 Å². The van der Waals surface area contributed by atoms with Gasteiger partial charge in [0.25, 0.3) is 0 Å². The van der Waals surface area contributed by atoms with Crippen LogP contribution in [0.4, 0.5) is 11.4 Å². The molecule has 3 rings (SSSR count). The van der Waals surface area contributed by atoms with Crippen molar-refractivity contribution < 1.29 is 4.58 Å². The highest BCUT2D eigenvalue weighted by atomic mass is 15.1. The fraction of sp³-hybridized carbons (Fsp3) is 0.286. The van der Waals surface area contributed by atoms with Crippen molar-refractivity contribution in [2.75, 3.05) is 25.7 Å². The number of anilines is 1. The molecule has 0 bridgehead atoms. The molecule has 0 aromatic heterocycles. The van der Waals surface area contributed by atoms with Crippen LogP contribution < -0.4 is 10.6 Å². The van der Waals surface area contributed by atoms with Gasteiger partial charge in [-0.3, -0.25) is 0 Å². The SMILES string of the molecule is CN(CN)c1ccc(C=CC2=[N+](C)c3ccccc3C2(C)C)cc1. The van der Waals surface area contributed by atoms with Gasteiger partial charge >= 0.3 is 0 Å². The van der Waals surface area contributed by atoms with Gasteiger partial charge in [-0.25, -0.2) is 0 Å². The smallest absolute Gasteiger partial charge is 0.209 e. The zero-order valence-corrected chi connectivity index (χ0v) is 15.0. The number of para-hydroxylation sites is 1. The lowest BCUT2D eigenvalue weighted by Crippen LogP contribution is -2.26. The summed E-state index contributed by atoms with van der Waals surface area (Å²) in [6.45, 7) is 5.09. The molecule has 2 N–H and O–H groups in total. The van der Waals surface area contributed by atoms with Crippen LogP contribution in [0.3, 0.4) is 0 Å². The molecule has 0 spiro atoms. The first-order valence-corrected chi connectivity index (χ1v) is 8.35. The van der Waals surface area contributed by atoms with Crippen LogP contribution in [0.5, 0.6) is 0 Å². The predicted molar refractivity (Wildman–Crippen MR) is 103 cm³/mol. The second kappa shape index (κ2) is 6.25. The van der Waals surface area contributed by atoms with Gasteiger partial charge in [-0.1, -0.05) is 30.3 Å². The maximum Gasteiger partial charge on any atom is 0.209 e. The van der Waals surface area contributed by atoms with E-state index in [1.165, 1.54) is 22.5 Å². The lowest BCUT2D eigenvalue weighted by molar-refractivity contribution is -0.401. The van der Waals surface area contributed by atoms with E-state index in [1.807, 2.05) is 11.9 Å². The standard InChI is InChI=1S/C21H26N3/c1-21(2)18-7-5-6-8-19(18)24(4)20(21)14-11-16-9-12-17(13-10-16)23(3)15-22/h5-14H,15,22H2,1-4H3/q+1. The van der Waals surface area contributed by atoms with Crippen molar-refractivity contribution in [2.24, 2.45) is 5.73 Å². The largest absolute Gasteiger partial charge is 0.362 e. The Morgan fingerprint density at radius 3 is 2.33 bits per heavy atom. The molecule has 0 radical (unpaired) electrons. The molecule has 2 aromatic rings. The second-order valence-electron chi connectivity index (χ2n) is 6.89. The fourth-order valence-corrected chi connectivity index (χ4v) is 3.42. The Bertz CT molecular complexity index is 798. The lowest BCUT2D eigenvalue weighted by atomic mass is 9.81. The van der Waals surface area contributed by atoms with Gasteiger partial charge in [-0.15, -0.1) is 0 Å². The van der Waals surface area contributed by atoms with E-state index in [1.54, 1.807) is 0 Å². The van der Waals surface area contributed by atoms with Crippen LogP contribution in [-0.4, -0.2) is 31.1 Å². The van der Waals surface area contributed by atoms with E-state index in [2.05, 4.69) is 86.2 Å². The summed E-state index contributed by atoms with van der Waals surface area (Å²) in [4.78, 5) is 2.02. The van der Waals surface area contributed by atoms with Gasteiger partial charge in [0.1, 0.15) is 7.05 Å². The van der Waals surface area contributed by atoms with Gasteiger partial charge in [0.15, 0.2) is 5.71 Å². The molecule has 24 heavy (non-hydrogen) atoms. The Morgan fingerprint density at radius 2 is 1.71 bits per heavy atom. The summed E-state index contributed by atoms with van der Waals surface area (Å²) in [5.41, 5.74) is 12.0. The number of nitrogens with two attached hydrogens (primary N) is 1. The first-order chi connectivity index (χ1) is 11.4. The molecule has 0 saturated carbocycles. The lowest BCUT2D eigenvalue weighted by Gasteiger charge is -2.16. The Kier molecular flexibility index (Phi) is 4.29. The van der Waals surface area contributed by atoms with Crippen LogP contribution in [-0.2, 0) is 5.41 Å². The minimum absolute atomic E-state index is 0.0154. The van der Waals surface area contributed by atoms with Crippen LogP contribution in [0.1, 0.15) is 25.0 Å². The second-order valence-corrected chi connectivity index (χ2v) is 6.89. The quantitative estimate of drug-likeness (QED) is 0.687. The van der Waals surface area contributed by atoms with E-state index in [9.17, 15) is 0 Å². The molecule has 2 aromatic carbocycles. The molecule has 0 fully saturated rings. The van der Waals surface area contributed by atoms with Crippen molar-refractivity contribution >= 4 is 23.2 Å². The van der Waals surface area contributed by atoms with Crippen LogP contribution in [0.15, 0.2) is 54.6 Å². The molecule has 0 unspecified atom stereocenters. The van der Waals surface area contributed by atoms with Crippen molar-refractivity contribution in [3.8, 4) is 0 Å². The Labute approximate surface area is 144 Å². The number of fused-ring (bicyclic) bond motifs is 1. The van der Waals surface area contributed by atoms with Crippen LogP contribution >= 0.6 is 0 Å². The Morgan fingerprint density at radius 1 is 1.04 bits per heavy atom. The minimum atomic E-state index is 0.0154. The highest BCUT2D eigenvalue weighted by Gasteiger charge is 2.42. The molecule has 0 atom stereocenters. The summed E-state index contributed by atoms with van der Waals surface area (Å²) in [7, 11) is 4.14. The van der Waals surface area contributed by atoms with Crippen LogP contribution in [0.25, 0.3) is 6.08 Å². The molecule has 0 aliphatic carbocycles. The first kappa shape index (κ1) is 16.5. The number of nitrogens with zero attached hydrogens (tertiary/aromatic N) is 2. The topological polar surface area (TPSA) is 32.3 Å². The molecule has 3 nitrogen and oxygen atoms in total. The average Bonchev–Trinajstić information content (AvgIpc) is 2.80. The van der Waals surface area contributed by atoms with E-state index in [4.69, 9.17) is 5.73 Å². The van der Waals surface area contributed by atoms with E-state index in [0.29, 0.717) is 6.67 Å². The minimum Gasteiger partial charge on any atom is -0.362 e. The third kappa shape index (κ3) is 2.76. The predicted octanol–water partition coefficient (Wildman–Crippen LogP) is 3.76. The number of hydrogen-bond donors (Lipinski definition) is 1. The molecule has 124 valence electrons.